The van der Waals surface area contributed by atoms with Crippen molar-refractivity contribution in [1.82, 2.24) is 5.32 Å². The molecule has 5 heteroatoms. The maximum absolute atomic E-state index is 11.8. The highest BCUT2D eigenvalue weighted by Crippen LogP contribution is 2.20. The highest BCUT2D eigenvalue weighted by molar-refractivity contribution is 5.69. The lowest BCUT2D eigenvalue weighted by atomic mass is 10.0. The number of alkyl carbamates (subject to hydrolysis) is 1. The number of amides is 1. The lowest BCUT2D eigenvalue weighted by Gasteiger charge is -2.23. The molecular weight excluding hydrogens is 258 g/mol. The molecule has 110 valence electrons. The first kappa shape index (κ1) is 16.0. The van der Waals surface area contributed by atoms with E-state index in [-0.39, 0.29) is 6.42 Å². The fourth-order valence-corrected chi connectivity index (χ4v) is 1.66. The molecule has 0 saturated heterocycles. The van der Waals surface area contributed by atoms with Gasteiger partial charge in [0.2, 0.25) is 0 Å². The summed E-state index contributed by atoms with van der Waals surface area (Å²) in [5.74, 6) is 0.718. The largest absolute Gasteiger partial charge is 0.497 e. The second-order valence-corrected chi connectivity index (χ2v) is 5.37. The van der Waals surface area contributed by atoms with Crippen LogP contribution >= 0.6 is 0 Å². The van der Waals surface area contributed by atoms with Gasteiger partial charge in [-0.2, -0.15) is 0 Å². The van der Waals surface area contributed by atoms with Gasteiger partial charge >= 0.3 is 6.09 Å². The van der Waals surface area contributed by atoms with E-state index in [9.17, 15) is 9.59 Å². The Bertz CT molecular complexity index is 448. The van der Waals surface area contributed by atoms with Gasteiger partial charge in [-0.1, -0.05) is 12.1 Å². The van der Waals surface area contributed by atoms with Crippen molar-refractivity contribution in [2.45, 2.75) is 38.8 Å². The molecule has 0 unspecified atom stereocenters. The first-order valence-corrected chi connectivity index (χ1v) is 6.43. The number of rotatable bonds is 5. The zero-order valence-corrected chi connectivity index (χ0v) is 12.3. The van der Waals surface area contributed by atoms with E-state index in [1.54, 1.807) is 40.0 Å². The molecule has 0 aliphatic heterocycles. The second kappa shape index (κ2) is 6.93. The molecule has 1 rings (SSSR count). The molecule has 20 heavy (non-hydrogen) atoms. The molecule has 1 amide bonds. The van der Waals surface area contributed by atoms with Crippen molar-refractivity contribution in [3.05, 3.63) is 29.8 Å². The van der Waals surface area contributed by atoms with E-state index in [4.69, 9.17) is 9.47 Å². The normalized spacial score (nSPS) is 12.4. The first-order chi connectivity index (χ1) is 9.35. The summed E-state index contributed by atoms with van der Waals surface area (Å²) in [6.07, 6.45) is 0.415. The Labute approximate surface area is 119 Å². The SMILES string of the molecule is COc1ccc([C@@H](CC=O)NC(=O)OC(C)(C)C)cc1. The number of carbonyl (C=O) groups is 2. The zero-order valence-electron chi connectivity index (χ0n) is 12.3. The van der Waals surface area contributed by atoms with Crippen molar-refractivity contribution in [2.75, 3.05) is 7.11 Å². The van der Waals surface area contributed by atoms with Crippen LogP contribution in [0.1, 0.15) is 38.8 Å². The molecule has 0 radical (unpaired) electrons. The maximum atomic E-state index is 11.8. The minimum absolute atomic E-state index is 0.186. The lowest BCUT2D eigenvalue weighted by Crippen LogP contribution is -2.35. The Morgan fingerprint density at radius 1 is 1.30 bits per heavy atom. The van der Waals surface area contributed by atoms with Crippen LogP contribution in [0.3, 0.4) is 0 Å². The van der Waals surface area contributed by atoms with Crippen molar-refractivity contribution in [3.8, 4) is 5.75 Å². The van der Waals surface area contributed by atoms with E-state index in [1.807, 2.05) is 12.1 Å². The number of methoxy groups -OCH3 is 1. The summed E-state index contributed by atoms with van der Waals surface area (Å²) in [7, 11) is 1.58. The van der Waals surface area contributed by atoms with Crippen LogP contribution in [0.4, 0.5) is 4.79 Å². The van der Waals surface area contributed by atoms with Crippen LogP contribution in [-0.4, -0.2) is 25.1 Å². The zero-order chi connectivity index (χ0) is 15.2. The van der Waals surface area contributed by atoms with Gasteiger partial charge in [0, 0.05) is 6.42 Å². The van der Waals surface area contributed by atoms with Crippen molar-refractivity contribution in [1.29, 1.82) is 0 Å². The minimum atomic E-state index is -0.574. The van der Waals surface area contributed by atoms with Gasteiger partial charge in [0.05, 0.1) is 13.2 Å². The van der Waals surface area contributed by atoms with Crippen molar-refractivity contribution >= 4 is 12.4 Å². The van der Waals surface area contributed by atoms with Crippen LogP contribution in [0.2, 0.25) is 0 Å². The van der Waals surface area contributed by atoms with Gasteiger partial charge in [-0.05, 0) is 38.5 Å². The van der Waals surface area contributed by atoms with Crippen LogP contribution in [0.15, 0.2) is 24.3 Å². The van der Waals surface area contributed by atoms with E-state index in [1.165, 1.54) is 0 Å². The molecular formula is C15H21NO4. The van der Waals surface area contributed by atoms with Gasteiger partial charge < -0.3 is 19.6 Å². The van der Waals surface area contributed by atoms with Gasteiger partial charge in [0.25, 0.3) is 0 Å². The lowest BCUT2D eigenvalue weighted by molar-refractivity contribution is -0.108. The number of ether oxygens (including phenoxy) is 2. The Kier molecular flexibility index (Phi) is 5.55. The Morgan fingerprint density at radius 3 is 2.35 bits per heavy atom. The smallest absolute Gasteiger partial charge is 0.408 e. The molecule has 0 saturated carbocycles. The molecule has 0 fully saturated rings. The quantitative estimate of drug-likeness (QED) is 0.842. The fraction of sp³-hybridized carbons (Fsp3) is 0.467. The van der Waals surface area contributed by atoms with Crippen LogP contribution in [0.25, 0.3) is 0 Å². The number of carbonyl (C=O) groups excluding carboxylic acids is 2. The molecule has 0 spiro atoms. The predicted molar refractivity (Wildman–Crippen MR) is 75.8 cm³/mol. The molecule has 5 nitrogen and oxygen atoms in total. The highest BCUT2D eigenvalue weighted by atomic mass is 16.6. The van der Waals surface area contributed by atoms with E-state index in [0.717, 1.165) is 17.6 Å². The summed E-state index contributed by atoms with van der Waals surface area (Å²) in [4.78, 5) is 22.5. The molecule has 0 heterocycles. The monoisotopic (exact) mass is 279 g/mol. The summed E-state index contributed by atoms with van der Waals surface area (Å²) in [6.45, 7) is 5.36. The van der Waals surface area contributed by atoms with E-state index >= 15 is 0 Å². The Hall–Kier alpha value is -2.04. The summed E-state index contributed by atoms with van der Waals surface area (Å²) < 4.78 is 10.3. The number of benzene rings is 1. The van der Waals surface area contributed by atoms with E-state index in [0.29, 0.717) is 0 Å². The number of aldehydes is 1. The third-order valence-electron chi connectivity index (χ3n) is 2.54. The molecule has 0 aliphatic rings. The van der Waals surface area contributed by atoms with Crippen molar-refractivity contribution in [3.63, 3.8) is 0 Å². The molecule has 1 atom stereocenters. The van der Waals surface area contributed by atoms with Gasteiger partial charge in [-0.3, -0.25) is 0 Å². The number of hydrogen-bond donors (Lipinski definition) is 1. The van der Waals surface area contributed by atoms with Crippen LogP contribution in [0, 0.1) is 0 Å². The maximum Gasteiger partial charge on any atom is 0.408 e. The van der Waals surface area contributed by atoms with Gasteiger partial charge in [-0.15, -0.1) is 0 Å². The second-order valence-electron chi connectivity index (χ2n) is 5.37. The van der Waals surface area contributed by atoms with Crippen molar-refractivity contribution in [2.24, 2.45) is 0 Å². The topological polar surface area (TPSA) is 64.6 Å². The van der Waals surface area contributed by atoms with Gasteiger partial charge in [0.1, 0.15) is 17.6 Å². The predicted octanol–water partition coefficient (Wildman–Crippen LogP) is 2.85. The molecule has 0 bridgehead atoms. The minimum Gasteiger partial charge on any atom is -0.497 e. The average Bonchev–Trinajstić information content (AvgIpc) is 2.36. The number of nitrogens with one attached hydrogen (secondary N) is 1. The Morgan fingerprint density at radius 2 is 1.90 bits per heavy atom. The summed E-state index contributed by atoms with van der Waals surface area (Å²) >= 11 is 0. The summed E-state index contributed by atoms with van der Waals surface area (Å²) in [5, 5.41) is 2.70. The van der Waals surface area contributed by atoms with Crippen LogP contribution in [-0.2, 0) is 9.53 Å². The van der Waals surface area contributed by atoms with Gasteiger partial charge in [0.15, 0.2) is 0 Å². The molecule has 0 aliphatic carbocycles. The third-order valence-corrected chi connectivity index (χ3v) is 2.54. The van der Waals surface area contributed by atoms with Gasteiger partial charge in [-0.25, -0.2) is 4.79 Å². The highest BCUT2D eigenvalue weighted by Gasteiger charge is 2.20. The molecule has 1 aromatic rings. The summed E-state index contributed by atoms with van der Waals surface area (Å²) in [5.41, 5.74) is 0.249. The van der Waals surface area contributed by atoms with E-state index < -0.39 is 17.7 Å². The first-order valence-electron chi connectivity index (χ1n) is 6.43. The summed E-state index contributed by atoms with van der Waals surface area (Å²) in [6, 6.07) is 6.77. The molecule has 1 N–H and O–H groups in total. The standard InChI is InChI=1S/C15H21NO4/c1-15(2,3)20-14(18)16-13(9-10-17)11-5-7-12(19-4)8-6-11/h5-8,10,13H,9H2,1-4H3,(H,16,18)/t13-/m1/s1. The van der Waals surface area contributed by atoms with Crippen LogP contribution < -0.4 is 10.1 Å². The average molecular weight is 279 g/mol. The van der Waals surface area contributed by atoms with Crippen molar-refractivity contribution < 1.29 is 19.1 Å². The fourth-order valence-electron chi connectivity index (χ4n) is 1.66. The van der Waals surface area contributed by atoms with Crippen LogP contribution in [0.5, 0.6) is 5.75 Å². The Balaban J connectivity index is 2.77. The molecule has 0 aromatic heterocycles. The number of hydrogen-bond acceptors (Lipinski definition) is 4. The molecule has 1 aromatic carbocycles. The van der Waals surface area contributed by atoms with E-state index in [2.05, 4.69) is 5.32 Å². The third kappa shape index (κ3) is 5.30.